The second-order valence-corrected chi connectivity index (χ2v) is 9.18. The van der Waals surface area contributed by atoms with Crippen LogP contribution in [0.5, 0.6) is 5.75 Å². The number of nitrogens with one attached hydrogen (secondary N) is 2. The molecule has 6 nitrogen and oxygen atoms in total. The van der Waals surface area contributed by atoms with Gasteiger partial charge >= 0.3 is 12.2 Å². The Bertz CT molecular complexity index is 706. The summed E-state index contributed by atoms with van der Waals surface area (Å²) in [7, 11) is 0. The topological polar surface area (TPSA) is 87.7 Å². The van der Waals surface area contributed by atoms with Crippen molar-refractivity contribution in [1.82, 2.24) is 10.6 Å². The third-order valence-electron chi connectivity index (χ3n) is 5.23. The van der Waals surface area contributed by atoms with Gasteiger partial charge in [-0.1, -0.05) is 38.5 Å². The first kappa shape index (κ1) is 21.1. The first-order valence-electron chi connectivity index (χ1n) is 9.42. The predicted octanol–water partition coefficient (Wildman–Crippen LogP) is 4.55. The Balaban J connectivity index is 2.01. The number of carbonyl (C=O) groups excluding carboxylic acids is 1. The lowest BCUT2D eigenvalue weighted by atomic mass is 9.62. The highest BCUT2D eigenvalue weighted by Crippen LogP contribution is 2.45. The minimum atomic E-state index is -1.00. The van der Waals surface area contributed by atoms with Crippen LogP contribution in [0.2, 0.25) is 0 Å². The second-order valence-electron chi connectivity index (χ2n) is 9.18. The van der Waals surface area contributed by atoms with E-state index in [4.69, 9.17) is 9.84 Å². The van der Waals surface area contributed by atoms with Gasteiger partial charge in [-0.2, -0.15) is 0 Å². The van der Waals surface area contributed by atoms with E-state index >= 15 is 0 Å². The van der Waals surface area contributed by atoms with Crippen molar-refractivity contribution in [1.29, 1.82) is 0 Å². The SMILES string of the molecule is Cc1cc(C)c(OC(=O)NCC2(C)CC(NC(=O)O)CC(C)(C)C2)c(C)c1. The number of benzene rings is 1. The summed E-state index contributed by atoms with van der Waals surface area (Å²) < 4.78 is 5.55. The van der Waals surface area contributed by atoms with Crippen molar-refractivity contribution in [2.75, 3.05) is 6.54 Å². The lowest BCUT2D eigenvalue weighted by Crippen LogP contribution is -2.50. The first-order valence-corrected chi connectivity index (χ1v) is 9.42. The number of ether oxygens (including phenoxy) is 1. The molecule has 0 saturated heterocycles. The largest absolute Gasteiger partial charge is 0.465 e. The van der Waals surface area contributed by atoms with Crippen LogP contribution in [0, 0.1) is 31.6 Å². The van der Waals surface area contributed by atoms with Crippen molar-refractivity contribution in [3.63, 3.8) is 0 Å². The Morgan fingerprint density at radius 1 is 1.15 bits per heavy atom. The third-order valence-corrected chi connectivity index (χ3v) is 5.23. The van der Waals surface area contributed by atoms with Gasteiger partial charge in [0.15, 0.2) is 0 Å². The molecule has 2 amide bonds. The molecular formula is C21H32N2O4. The van der Waals surface area contributed by atoms with E-state index in [-0.39, 0.29) is 16.9 Å². The third kappa shape index (κ3) is 5.88. The number of carboxylic acid groups (broad SMARTS) is 1. The molecule has 27 heavy (non-hydrogen) atoms. The molecule has 1 aromatic rings. The first-order chi connectivity index (χ1) is 12.4. The lowest BCUT2D eigenvalue weighted by Gasteiger charge is -2.46. The standard InChI is InChI=1S/C21H32N2O4/c1-13-7-14(2)17(15(3)8-13)27-19(26)22-12-21(6)10-16(23-18(24)25)9-20(4,5)11-21/h7-8,16,23H,9-12H2,1-6H3,(H,22,26)(H,24,25). The van der Waals surface area contributed by atoms with Crippen LogP contribution in [0.3, 0.4) is 0 Å². The maximum atomic E-state index is 12.4. The summed E-state index contributed by atoms with van der Waals surface area (Å²) in [5.74, 6) is 0.595. The minimum absolute atomic E-state index is 0.00413. The maximum absolute atomic E-state index is 12.4. The van der Waals surface area contributed by atoms with Gasteiger partial charge in [-0.25, -0.2) is 9.59 Å². The van der Waals surface area contributed by atoms with Crippen LogP contribution < -0.4 is 15.4 Å². The van der Waals surface area contributed by atoms with E-state index in [2.05, 4.69) is 31.4 Å². The summed E-state index contributed by atoms with van der Waals surface area (Å²) in [5, 5.41) is 14.6. The van der Waals surface area contributed by atoms with Crippen LogP contribution in [0.1, 0.15) is 56.7 Å². The van der Waals surface area contributed by atoms with Gasteiger partial charge in [0.2, 0.25) is 0 Å². The number of hydrogen-bond acceptors (Lipinski definition) is 3. The van der Waals surface area contributed by atoms with Crippen LogP contribution >= 0.6 is 0 Å². The Hall–Kier alpha value is -2.24. The van der Waals surface area contributed by atoms with Crippen molar-refractivity contribution < 1.29 is 19.4 Å². The van der Waals surface area contributed by atoms with Gasteiger partial charge < -0.3 is 20.5 Å². The molecule has 2 atom stereocenters. The van der Waals surface area contributed by atoms with Crippen LogP contribution in [0.4, 0.5) is 9.59 Å². The van der Waals surface area contributed by atoms with E-state index in [1.54, 1.807) is 0 Å². The Morgan fingerprint density at radius 2 is 1.74 bits per heavy atom. The zero-order chi connectivity index (χ0) is 20.4. The van der Waals surface area contributed by atoms with Gasteiger partial charge in [-0.15, -0.1) is 0 Å². The summed E-state index contributed by atoms with van der Waals surface area (Å²) in [5.41, 5.74) is 2.78. The molecular weight excluding hydrogens is 344 g/mol. The number of amides is 2. The van der Waals surface area contributed by atoms with Gasteiger partial charge in [0.05, 0.1) is 0 Å². The lowest BCUT2D eigenvalue weighted by molar-refractivity contribution is 0.0695. The maximum Gasteiger partial charge on any atom is 0.412 e. The molecule has 1 saturated carbocycles. The molecule has 6 heteroatoms. The van der Waals surface area contributed by atoms with Crippen LogP contribution in [-0.2, 0) is 0 Å². The molecule has 1 aromatic carbocycles. The molecule has 0 radical (unpaired) electrons. The molecule has 0 spiro atoms. The fourth-order valence-corrected chi connectivity index (χ4v) is 4.79. The molecule has 0 heterocycles. The molecule has 0 bridgehead atoms. The summed E-state index contributed by atoms with van der Waals surface area (Å²) in [6.07, 6.45) is 0.906. The summed E-state index contributed by atoms with van der Waals surface area (Å²) in [6.45, 7) is 12.7. The van der Waals surface area contributed by atoms with Crippen molar-refractivity contribution >= 4 is 12.2 Å². The fourth-order valence-electron chi connectivity index (χ4n) is 4.79. The zero-order valence-electron chi connectivity index (χ0n) is 17.2. The highest BCUT2D eigenvalue weighted by Gasteiger charge is 2.42. The Morgan fingerprint density at radius 3 is 2.30 bits per heavy atom. The van der Waals surface area contributed by atoms with E-state index in [9.17, 15) is 9.59 Å². The predicted molar refractivity (Wildman–Crippen MR) is 105 cm³/mol. The monoisotopic (exact) mass is 376 g/mol. The van der Waals surface area contributed by atoms with Gasteiger partial charge in [0, 0.05) is 12.6 Å². The van der Waals surface area contributed by atoms with Crippen molar-refractivity contribution in [3.8, 4) is 5.75 Å². The molecule has 1 aliphatic carbocycles. The number of aryl methyl sites for hydroxylation is 3. The molecule has 0 aromatic heterocycles. The van der Waals surface area contributed by atoms with Gasteiger partial charge in [-0.3, -0.25) is 0 Å². The average Bonchev–Trinajstić information content (AvgIpc) is 2.46. The van der Waals surface area contributed by atoms with Crippen LogP contribution in [0.25, 0.3) is 0 Å². The van der Waals surface area contributed by atoms with Crippen molar-refractivity contribution in [2.45, 2.75) is 66.8 Å². The number of rotatable bonds is 4. The summed E-state index contributed by atoms with van der Waals surface area (Å²) >= 11 is 0. The highest BCUT2D eigenvalue weighted by molar-refractivity contribution is 5.71. The molecule has 3 N–H and O–H groups in total. The Labute approximate surface area is 161 Å². The van der Waals surface area contributed by atoms with Gasteiger partial charge in [0.25, 0.3) is 0 Å². The van der Waals surface area contributed by atoms with Crippen LogP contribution in [0.15, 0.2) is 12.1 Å². The van der Waals surface area contributed by atoms with E-state index in [0.29, 0.717) is 18.7 Å². The van der Waals surface area contributed by atoms with Gasteiger partial charge in [-0.05, 0) is 62.0 Å². The van der Waals surface area contributed by atoms with E-state index < -0.39 is 12.2 Å². The summed E-state index contributed by atoms with van der Waals surface area (Å²) in [6, 6.07) is 3.86. The van der Waals surface area contributed by atoms with E-state index in [0.717, 1.165) is 29.5 Å². The quantitative estimate of drug-likeness (QED) is 0.719. The minimum Gasteiger partial charge on any atom is -0.465 e. The van der Waals surface area contributed by atoms with Gasteiger partial charge in [0.1, 0.15) is 5.75 Å². The molecule has 2 rings (SSSR count). The van der Waals surface area contributed by atoms with Crippen molar-refractivity contribution in [2.24, 2.45) is 10.8 Å². The number of carbonyl (C=O) groups is 2. The molecule has 1 aliphatic rings. The van der Waals surface area contributed by atoms with Crippen LogP contribution in [-0.4, -0.2) is 29.9 Å². The smallest absolute Gasteiger partial charge is 0.412 e. The Kier molecular flexibility index (Phi) is 6.07. The second kappa shape index (κ2) is 7.79. The van der Waals surface area contributed by atoms with E-state index in [1.165, 1.54) is 0 Å². The molecule has 1 fully saturated rings. The van der Waals surface area contributed by atoms with E-state index in [1.807, 2.05) is 32.9 Å². The molecule has 150 valence electrons. The van der Waals surface area contributed by atoms with Crippen molar-refractivity contribution in [3.05, 3.63) is 28.8 Å². The zero-order valence-corrected chi connectivity index (χ0v) is 17.2. The number of hydrogen-bond donors (Lipinski definition) is 3. The highest BCUT2D eigenvalue weighted by atomic mass is 16.6. The average molecular weight is 376 g/mol. The normalized spacial score (nSPS) is 24.1. The summed E-state index contributed by atoms with van der Waals surface area (Å²) in [4.78, 5) is 23.4. The fraction of sp³-hybridized carbons (Fsp3) is 0.619. The molecule has 0 aliphatic heterocycles. The molecule has 2 unspecified atom stereocenters.